The zero-order chi connectivity index (χ0) is 25.3. The number of nitrogens with one attached hydrogen (secondary N) is 3. The number of hydrogen-bond donors (Lipinski definition) is 3. The van der Waals surface area contributed by atoms with Crippen LogP contribution in [0, 0.1) is 5.82 Å². The average Bonchev–Trinajstić information content (AvgIpc) is 3.10. The van der Waals surface area contributed by atoms with Crippen molar-refractivity contribution in [3.05, 3.63) is 89.7 Å². The number of benzene rings is 3. The fourth-order valence-corrected chi connectivity index (χ4v) is 4.37. The van der Waals surface area contributed by atoms with Gasteiger partial charge in [0.05, 0.1) is 17.9 Å². The summed E-state index contributed by atoms with van der Waals surface area (Å²) in [6.07, 6.45) is 0.235. The van der Waals surface area contributed by atoms with Crippen molar-refractivity contribution in [1.82, 2.24) is 10.2 Å². The number of hydrogen-bond acceptors (Lipinski definition) is 5. The van der Waals surface area contributed by atoms with Crippen LogP contribution in [0.4, 0.5) is 20.6 Å². The lowest BCUT2D eigenvalue weighted by Gasteiger charge is -2.33. The van der Waals surface area contributed by atoms with E-state index in [-0.39, 0.29) is 24.3 Å². The molecular weight excluding hydrogens is 467 g/mol. The highest BCUT2D eigenvalue weighted by molar-refractivity contribution is 6.13. The van der Waals surface area contributed by atoms with Crippen LogP contribution in [0.15, 0.2) is 72.8 Å². The van der Waals surface area contributed by atoms with Gasteiger partial charge >= 0.3 is 6.03 Å². The Balaban J connectivity index is 1.31. The third-order valence-electron chi connectivity index (χ3n) is 6.11. The van der Waals surface area contributed by atoms with Crippen LogP contribution in [0.25, 0.3) is 0 Å². The highest BCUT2D eigenvalue weighted by Crippen LogP contribution is 2.40. The molecule has 2 aliphatic rings. The van der Waals surface area contributed by atoms with E-state index in [1.165, 1.54) is 36.4 Å². The Bertz CT molecular complexity index is 1380. The quantitative estimate of drug-likeness (QED) is 0.477. The average molecular weight is 488 g/mol. The van der Waals surface area contributed by atoms with Gasteiger partial charge in [0.2, 0.25) is 5.91 Å². The van der Waals surface area contributed by atoms with E-state index in [4.69, 9.17) is 4.74 Å². The molecule has 1 fully saturated rings. The third-order valence-corrected chi connectivity index (χ3v) is 6.11. The molecule has 5 rings (SSSR count). The standard InChI is InChI=1S/C26H21FN4O5/c27-16-9-11-17(12-10-16)28-23(33)18-5-1-3-7-20(18)29-22(32)15-31-24(34)26(30-25(31)35)13-14-36-21-8-4-2-6-19(21)26/h1-12H,13-15H2,(H,28,33)(H,29,32)(H,30,35)/t26-/m0/s1. The number of carbonyl (C=O) groups excluding carboxylic acids is 4. The molecule has 36 heavy (non-hydrogen) atoms. The van der Waals surface area contributed by atoms with Gasteiger partial charge in [-0.15, -0.1) is 0 Å². The number of carbonyl (C=O) groups is 4. The van der Waals surface area contributed by atoms with Crippen molar-refractivity contribution in [3.8, 4) is 5.75 Å². The summed E-state index contributed by atoms with van der Waals surface area (Å²) in [7, 11) is 0. The molecule has 5 amide bonds. The maximum atomic E-state index is 13.4. The van der Waals surface area contributed by atoms with Crippen LogP contribution in [0.1, 0.15) is 22.3 Å². The molecular formula is C26H21FN4O5. The predicted molar refractivity (Wildman–Crippen MR) is 128 cm³/mol. The summed E-state index contributed by atoms with van der Waals surface area (Å²) < 4.78 is 18.8. The molecule has 9 nitrogen and oxygen atoms in total. The highest BCUT2D eigenvalue weighted by atomic mass is 19.1. The minimum absolute atomic E-state index is 0.155. The number of imide groups is 1. The Labute approximate surface area is 205 Å². The Morgan fingerprint density at radius 3 is 2.50 bits per heavy atom. The lowest BCUT2D eigenvalue weighted by molar-refractivity contribution is -0.135. The highest BCUT2D eigenvalue weighted by Gasteiger charge is 2.55. The van der Waals surface area contributed by atoms with E-state index in [2.05, 4.69) is 16.0 Å². The second kappa shape index (κ2) is 9.14. The molecule has 10 heteroatoms. The summed E-state index contributed by atoms with van der Waals surface area (Å²) in [5.41, 5.74) is -0.0224. The lowest BCUT2D eigenvalue weighted by atomic mass is 9.84. The summed E-state index contributed by atoms with van der Waals surface area (Å²) in [6, 6.07) is 17.8. The van der Waals surface area contributed by atoms with Gasteiger partial charge in [0.15, 0.2) is 5.54 Å². The van der Waals surface area contributed by atoms with Gasteiger partial charge in [0, 0.05) is 17.7 Å². The van der Waals surface area contributed by atoms with E-state index < -0.39 is 41.7 Å². The van der Waals surface area contributed by atoms with E-state index >= 15 is 0 Å². The Morgan fingerprint density at radius 1 is 0.972 bits per heavy atom. The van der Waals surface area contributed by atoms with Crippen molar-refractivity contribution in [2.45, 2.75) is 12.0 Å². The molecule has 2 heterocycles. The number of fused-ring (bicyclic) bond motifs is 2. The summed E-state index contributed by atoms with van der Waals surface area (Å²) in [4.78, 5) is 52.6. The lowest BCUT2D eigenvalue weighted by Crippen LogP contribution is -2.48. The molecule has 2 aliphatic heterocycles. The van der Waals surface area contributed by atoms with Crippen LogP contribution in [0.3, 0.4) is 0 Å². The zero-order valence-corrected chi connectivity index (χ0v) is 18.9. The first-order valence-electron chi connectivity index (χ1n) is 11.2. The topological polar surface area (TPSA) is 117 Å². The Kier molecular flexibility index (Phi) is 5.85. The maximum absolute atomic E-state index is 13.4. The van der Waals surface area contributed by atoms with E-state index in [9.17, 15) is 23.6 Å². The van der Waals surface area contributed by atoms with Crippen molar-refractivity contribution in [2.75, 3.05) is 23.8 Å². The van der Waals surface area contributed by atoms with E-state index in [1.54, 1.807) is 36.4 Å². The van der Waals surface area contributed by atoms with Crippen molar-refractivity contribution in [3.63, 3.8) is 0 Å². The van der Waals surface area contributed by atoms with Gasteiger partial charge < -0.3 is 20.7 Å². The Hall–Kier alpha value is -4.73. The number of para-hydroxylation sites is 2. The van der Waals surface area contributed by atoms with Gasteiger partial charge in [-0.1, -0.05) is 30.3 Å². The molecule has 0 aromatic heterocycles. The van der Waals surface area contributed by atoms with Crippen LogP contribution in [-0.4, -0.2) is 41.8 Å². The Morgan fingerprint density at radius 2 is 1.69 bits per heavy atom. The van der Waals surface area contributed by atoms with Gasteiger partial charge in [-0.05, 0) is 42.5 Å². The summed E-state index contributed by atoms with van der Waals surface area (Å²) in [5.74, 6) is -1.65. The third kappa shape index (κ3) is 4.13. The molecule has 0 aliphatic carbocycles. The molecule has 0 radical (unpaired) electrons. The largest absolute Gasteiger partial charge is 0.493 e. The molecule has 0 bridgehead atoms. The fraction of sp³-hybridized carbons (Fsp3) is 0.154. The first-order valence-corrected chi connectivity index (χ1v) is 11.2. The number of nitrogens with zero attached hydrogens (tertiary/aromatic N) is 1. The fourth-order valence-electron chi connectivity index (χ4n) is 4.37. The van der Waals surface area contributed by atoms with Crippen molar-refractivity contribution >= 4 is 35.1 Å². The zero-order valence-electron chi connectivity index (χ0n) is 18.9. The molecule has 182 valence electrons. The summed E-state index contributed by atoms with van der Waals surface area (Å²) >= 11 is 0. The monoisotopic (exact) mass is 488 g/mol. The van der Waals surface area contributed by atoms with Crippen molar-refractivity contribution < 1.29 is 28.3 Å². The van der Waals surface area contributed by atoms with Gasteiger partial charge in [-0.3, -0.25) is 19.3 Å². The summed E-state index contributed by atoms with van der Waals surface area (Å²) in [6.45, 7) is -0.303. The van der Waals surface area contributed by atoms with Crippen molar-refractivity contribution in [1.29, 1.82) is 0 Å². The van der Waals surface area contributed by atoms with Crippen LogP contribution in [0.2, 0.25) is 0 Å². The second-order valence-corrected chi connectivity index (χ2v) is 8.38. The first-order chi connectivity index (χ1) is 17.4. The number of rotatable bonds is 5. The molecule has 1 atom stereocenters. The van der Waals surface area contributed by atoms with Gasteiger partial charge in [-0.2, -0.15) is 0 Å². The second-order valence-electron chi connectivity index (χ2n) is 8.38. The maximum Gasteiger partial charge on any atom is 0.325 e. The minimum atomic E-state index is -1.29. The molecule has 3 aromatic carbocycles. The number of ether oxygens (including phenoxy) is 1. The predicted octanol–water partition coefficient (Wildman–Crippen LogP) is 3.25. The smallest absolute Gasteiger partial charge is 0.325 e. The normalized spacial score (nSPS) is 18.3. The molecule has 1 saturated heterocycles. The molecule has 0 saturated carbocycles. The van der Waals surface area contributed by atoms with E-state index in [0.29, 0.717) is 17.0 Å². The van der Waals surface area contributed by atoms with Crippen LogP contribution < -0.4 is 20.7 Å². The molecule has 1 spiro atoms. The summed E-state index contributed by atoms with van der Waals surface area (Å²) in [5, 5.41) is 7.99. The van der Waals surface area contributed by atoms with Gasteiger partial charge in [0.1, 0.15) is 18.1 Å². The number of amides is 5. The van der Waals surface area contributed by atoms with E-state index in [0.717, 1.165) is 4.90 Å². The molecule has 0 unspecified atom stereocenters. The van der Waals surface area contributed by atoms with Crippen LogP contribution in [0.5, 0.6) is 5.75 Å². The number of anilines is 2. The van der Waals surface area contributed by atoms with Crippen molar-refractivity contribution in [2.24, 2.45) is 0 Å². The van der Waals surface area contributed by atoms with Gasteiger partial charge in [0.25, 0.3) is 11.8 Å². The minimum Gasteiger partial charge on any atom is -0.493 e. The molecule has 3 aromatic rings. The van der Waals surface area contributed by atoms with Gasteiger partial charge in [-0.25, -0.2) is 9.18 Å². The molecule has 3 N–H and O–H groups in total. The van der Waals surface area contributed by atoms with Crippen LogP contribution in [-0.2, 0) is 15.1 Å². The van der Waals surface area contributed by atoms with E-state index in [1.807, 2.05) is 0 Å². The number of urea groups is 1. The number of halogens is 1. The van der Waals surface area contributed by atoms with Crippen LogP contribution >= 0.6 is 0 Å². The first kappa shape index (κ1) is 23.0. The SMILES string of the molecule is O=C(CN1C(=O)N[C@]2(CCOc3ccccc32)C1=O)Nc1ccccc1C(=O)Nc1ccc(F)cc1.